The normalized spacial score (nSPS) is 23.1. The number of fused-ring (bicyclic) bond motifs is 1. The zero-order chi connectivity index (χ0) is 21.3. The fourth-order valence-electron chi connectivity index (χ4n) is 5.07. The molecule has 158 valence electrons. The Morgan fingerprint density at radius 3 is 2.43 bits per heavy atom. The minimum Gasteiger partial charge on any atom is -0.341 e. The van der Waals surface area contributed by atoms with E-state index in [4.69, 9.17) is 0 Å². The van der Waals surface area contributed by atoms with Gasteiger partial charge in [0, 0.05) is 49.6 Å². The molecule has 2 aromatic rings. The largest absolute Gasteiger partial charge is 0.341 e. The summed E-state index contributed by atoms with van der Waals surface area (Å²) in [6, 6.07) is 15.6. The molecule has 5 nitrogen and oxygen atoms in total. The van der Waals surface area contributed by atoms with Gasteiger partial charge in [0.25, 0.3) is 5.91 Å². The van der Waals surface area contributed by atoms with E-state index in [1.807, 2.05) is 54.2 Å². The number of hydrogen-bond acceptors (Lipinski definition) is 3. The van der Waals surface area contributed by atoms with Crippen molar-refractivity contribution in [2.45, 2.75) is 6.42 Å². The highest BCUT2D eigenvalue weighted by Gasteiger charge is 2.54. The Hall–Kier alpha value is -2.73. The van der Waals surface area contributed by atoms with Crippen LogP contribution in [0.15, 0.2) is 54.6 Å². The van der Waals surface area contributed by atoms with E-state index < -0.39 is 0 Å². The molecule has 4 rings (SSSR count). The summed E-state index contributed by atoms with van der Waals surface area (Å²) in [7, 11) is 4.06. The number of carbonyl (C=O) groups is 2. The van der Waals surface area contributed by atoms with Crippen LogP contribution in [0.25, 0.3) is 0 Å². The van der Waals surface area contributed by atoms with Crippen molar-refractivity contribution >= 4 is 11.8 Å². The first-order chi connectivity index (χ1) is 14.4. The van der Waals surface area contributed by atoms with Gasteiger partial charge in [-0.25, -0.2) is 4.39 Å². The number of benzene rings is 2. The Morgan fingerprint density at radius 1 is 1.03 bits per heavy atom. The second kappa shape index (κ2) is 8.19. The zero-order valence-electron chi connectivity index (χ0n) is 17.6. The highest BCUT2D eigenvalue weighted by Crippen LogP contribution is 2.43. The van der Waals surface area contributed by atoms with Gasteiger partial charge in [0.15, 0.2) is 0 Å². The average Bonchev–Trinajstić information content (AvgIpc) is 3.21. The van der Waals surface area contributed by atoms with Crippen molar-refractivity contribution < 1.29 is 14.0 Å². The maximum absolute atomic E-state index is 13.5. The predicted molar refractivity (Wildman–Crippen MR) is 114 cm³/mol. The van der Waals surface area contributed by atoms with E-state index in [1.165, 1.54) is 12.1 Å². The van der Waals surface area contributed by atoms with Gasteiger partial charge in [0.05, 0.1) is 6.42 Å². The van der Waals surface area contributed by atoms with E-state index in [-0.39, 0.29) is 35.4 Å². The molecule has 2 aromatic carbocycles. The van der Waals surface area contributed by atoms with Crippen LogP contribution < -0.4 is 0 Å². The number of likely N-dealkylation sites (tertiary alicyclic amines) is 2. The van der Waals surface area contributed by atoms with E-state index in [0.717, 1.165) is 6.54 Å². The Balaban J connectivity index is 1.48. The third-order valence-electron chi connectivity index (χ3n) is 6.30. The Morgan fingerprint density at radius 2 is 1.73 bits per heavy atom. The highest BCUT2D eigenvalue weighted by molar-refractivity contribution is 5.94. The van der Waals surface area contributed by atoms with Crippen LogP contribution in [0.3, 0.4) is 0 Å². The lowest BCUT2D eigenvalue weighted by atomic mass is 9.80. The van der Waals surface area contributed by atoms with Gasteiger partial charge in [-0.1, -0.05) is 30.3 Å². The zero-order valence-corrected chi connectivity index (χ0v) is 17.6. The molecule has 0 spiro atoms. The molecule has 0 saturated carbocycles. The topological polar surface area (TPSA) is 43.9 Å². The van der Waals surface area contributed by atoms with Gasteiger partial charge in [0.2, 0.25) is 5.91 Å². The average molecular weight is 410 g/mol. The van der Waals surface area contributed by atoms with Crippen molar-refractivity contribution in [3.05, 3.63) is 71.5 Å². The maximum Gasteiger partial charge on any atom is 0.253 e. The molecule has 2 amide bonds. The summed E-state index contributed by atoms with van der Waals surface area (Å²) in [5, 5.41) is 0. The third kappa shape index (κ3) is 4.10. The predicted octanol–water partition coefficient (Wildman–Crippen LogP) is 2.53. The van der Waals surface area contributed by atoms with Crippen molar-refractivity contribution in [2.75, 3.05) is 46.8 Å². The molecule has 2 aliphatic rings. The molecule has 2 atom stereocenters. The molecular formula is C24H28FN3O2. The summed E-state index contributed by atoms with van der Waals surface area (Å²) in [5.41, 5.74) is 1.27. The lowest BCUT2D eigenvalue weighted by Gasteiger charge is -2.32. The third-order valence-corrected chi connectivity index (χ3v) is 6.30. The van der Waals surface area contributed by atoms with Gasteiger partial charge in [-0.15, -0.1) is 0 Å². The number of amides is 2. The number of hydrogen-bond donors (Lipinski definition) is 0. The van der Waals surface area contributed by atoms with E-state index in [1.54, 1.807) is 12.1 Å². The van der Waals surface area contributed by atoms with Crippen LogP contribution in [-0.2, 0) is 11.2 Å². The van der Waals surface area contributed by atoms with E-state index in [0.29, 0.717) is 37.3 Å². The molecule has 0 unspecified atom stereocenters. The molecule has 2 fully saturated rings. The molecule has 6 heteroatoms. The molecule has 2 saturated heterocycles. The summed E-state index contributed by atoms with van der Waals surface area (Å²) in [6.07, 6.45) is 0.204. The number of halogens is 1. The quantitative estimate of drug-likeness (QED) is 0.762. The molecule has 0 aromatic heterocycles. The lowest BCUT2D eigenvalue weighted by molar-refractivity contribution is -0.130. The number of carbonyl (C=O) groups excluding carboxylic acids is 2. The van der Waals surface area contributed by atoms with Crippen molar-refractivity contribution in [1.29, 1.82) is 0 Å². The fourth-order valence-corrected chi connectivity index (χ4v) is 5.07. The van der Waals surface area contributed by atoms with Gasteiger partial charge < -0.3 is 14.7 Å². The van der Waals surface area contributed by atoms with Crippen molar-refractivity contribution in [1.82, 2.24) is 14.7 Å². The van der Waals surface area contributed by atoms with Crippen molar-refractivity contribution in [3.63, 3.8) is 0 Å². The van der Waals surface area contributed by atoms with Crippen LogP contribution in [0.2, 0.25) is 0 Å². The minimum atomic E-state index is -0.322. The lowest BCUT2D eigenvalue weighted by Crippen LogP contribution is -2.44. The van der Waals surface area contributed by atoms with Crippen molar-refractivity contribution in [3.8, 4) is 0 Å². The molecule has 0 N–H and O–H groups in total. The fraction of sp³-hybridized carbons (Fsp3) is 0.417. The summed E-state index contributed by atoms with van der Waals surface area (Å²) in [4.78, 5) is 31.9. The molecule has 30 heavy (non-hydrogen) atoms. The molecule has 0 aliphatic carbocycles. The Kier molecular flexibility index (Phi) is 5.60. The van der Waals surface area contributed by atoms with Gasteiger partial charge >= 0.3 is 0 Å². The van der Waals surface area contributed by atoms with Crippen LogP contribution in [0, 0.1) is 17.2 Å². The Labute approximate surface area is 177 Å². The molecule has 2 heterocycles. The number of rotatable bonds is 5. The van der Waals surface area contributed by atoms with E-state index in [2.05, 4.69) is 4.90 Å². The van der Waals surface area contributed by atoms with Crippen LogP contribution in [0.1, 0.15) is 15.9 Å². The minimum absolute atomic E-state index is 0.0223. The van der Waals surface area contributed by atoms with E-state index in [9.17, 15) is 14.0 Å². The summed E-state index contributed by atoms with van der Waals surface area (Å²) >= 11 is 0. The van der Waals surface area contributed by atoms with Crippen LogP contribution in [0.4, 0.5) is 4.39 Å². The molecule has 2 aliphatic heterocycles. The second-order valence-electron chi connectivity index (χ2n) is 8.93. The monoisotopic (exact) mass is 409 g/mol. The van der Waals surface area contributed by atoms with Crippen LogP contribution in [-0.4, -0.2) is 73.3 Å². The standard InChI is InChI=1S/C24H28FN3O2/c1-26(2)15-24-16-27(22(29)12-18-7-6-10-21(25)11-18)13-20(24)14-28(17-24)23(30)19-8-4-3-5-9-19/h3-11,20H,12-17H2,1-2H3/t20-,24+/m0/s1. The molecule has 0 radical (unpaired) electrons. The molecular weight excluding hydrogens is 381 g/mol. The van der Waals surface area contributed by atoms with Gasteiger partial charge in [-0.2, -0.15) is 0 Å². The van der Waals surface area contributed by atoms with Crippen LogP contribution >= 0.6 is 0 Å². The highest BCUT2D eigenvalue weighted by atomic mass is 19.1. The van der Waals surface area contributed by atoms with E-state index >= 15 is 0 Å². The second-order valence-corrected chi connectivity index (χ2v) is 8.93. The summed E-state index contributed by atoms with van der Waals surface area (Å²) in [6.45, 7) is 3.39. The van der Waals surface area contributed by atoms with Gasteiger partial charge in [-0.05, 0) is 43.9 Å². The summed E-state index contributed by atoms with van der Waals surface area (Å²) < 4.78 is 13.5. The van der Waals surface area contributed by atoms with Crippen molar-refractivity contribution in [2.24, 2.45) is 11.3 Å². The summed E-state index contributed by atoms with van der Waals surface area (Å²) in [5.74, 6) is -0.00315. The SMILES string of the molecule is CN(C)C[C@]12CN(C(=O)Cc3cccc(F)c3)C[C@H]1CN(C(=O)c1ccccc1)C2. The first-order valence-electron chi connectivity index (χ1n) is 10.4. The first kappa shape index (κ1) is 20.5. The molecule has 0 bridgehead atoms. The smallest absolute Gasteiger partial charge is 0.253 e. The van der Waals surface area contributed by atoms with Gasteiger partial charge in [-0.3, -0.25) is 9.59 Å². The van der Waals surface area contributed by atoms with Gasteiger partial charge in [0.1, 0.15) is 5.82 Å². The Bertz CT molecular complexity index is 933. The first-order valence-corrected chi connectivity index (χ1v) is 10.4. The maximum atomic E-state index is 13.5. The van der Waals surface area contributed by atoms with Crippen LogP contribution in [0.5, 0.6) is 0 Å². The number of nitrogens with zero attached hydrogens (tertiary/aromatic N) is 3.